The smallest absolute Gasteiger partial charge is 0.408 e. The van der Waals surface area contributed by atoms with Gasteiger partial charge in [0.25, 0.3) is 0 Å². The number of methoxy groups -OCH3 is 1. The molecule has 1 aliphatic carbocycles. The first-order chi connectivity index (χ1) is 10.2. The minimum Gasteiger partial charge on any atom is -0.496 e. The molecule has 0 bridgehead atoms. The molecule has 5 heteroatoms. The van der Waals surface area contributed by atoms with E-state index in [0.717, 1.165) is 24.8 Å². The summed E-state index contributed by atoms with van der Waals surface area (Å²) in [6, 6.07) is 4.46. The highest BCUT2D eigenvalue weighted by atomic mass is 19.1. The fraction of sp³-hybridized carbons (Fsp3) is 0.588. The molecule has 1 aromatic carbocycles. The molecule has 0 radical (unpaired) electrons. The van der Waals surface area contributed by atoms with Crippen LogP contribution in [0.5, 0.6) is 5.75 Å². The van der Waals surface area contributed by atoms with Crippen LogP contribution >= 0.6 is 0 Å². The molecule has 1 amide bonds. The molecule has 1 aromatic rings. The van der Waals surface area contributed by atoms with Crippen molar-refractivity contribution in [3.05, 3.63) is 29.6 Å². The van der Waals surface area contributed by atoms with Crippen molar-refractivity contribution in [2.24, 2.45) is 0 Å². The average Bonchev–Trinajstić information content (AvgIpc) is 2.34. The maximum atomic E-state index is 13.5. The summed E-state index contributed by atoms with van der Waals surface area (Å²) in [6.45, 7) is 5.49. The summed E-state index contributed by atoms with van der Waals surface area (Å²) < 4.78 is 24.1. The van der Waals surface area contributed by atoms with E-state index in [2.05, 4.69) is 5.32 Å². The van der Waals surface area contributed by atoms with Crippen LogP contribution in [0.2, 0.25) is 0 Å². The quantitative estimate of drug-likeness (QED) is 0.919. The van der Waals surface area contributed by atoms with E-state index in [-0.39, 0.29) is 11.4 Å². The van der Waals surface area contributed by atoms with Gasteiger partial charge in [-0.3, -0.25) is 0 Å². The Morgan fingerprint density at radius 3 is 2.55 bits per heavy atom. The number of carbonyl (C=O) groups is 1. The van der Waals surface area contributed by atoms with Gasteiger partial charge in [0.05, 0.1) is 7.11 Å². The molecular weight excluding hydrogens is 285 g/mol. The Kier molecular flexibility index (Phi) is 4.63. The Hall–Kier alpha value is -1.78. The van der Waals surface area contributed by atoms with Gasteiger partial charge in [0.15, 0.2) is 0 Å². The Balaban J connectivity index is 2.11. The first-order valence-corrected chi connectivity index (χ1v) is 7.57. The van der Waals surface area contributed by atoms with E-state index >= 15 is 0 Å². The lowest BCUT2D eigenvalue weighted by molar-refractivity contribution is 0.0382. The molecule has 0 aliphatic heterocycles. The van der Waals surface area contributed by atoms with E-state index in [1.807, 2.05) is 20.8 Å². The fourth-order valence-electron chi connectivity index (χ4n) is 2.72. The van der Waals surface area contributed by atoms with E-state index < -0.39 is 11.7 Å². The maximum absolute atomic E-state index is 13.5. The van der Waals surface area contributed by atoms with Gasteiger partial charge in [-0.25, -0.2) is 9.18 Å². The van der Waals surface area contributed by atoms with Crippen LogP contribution in [0.4, 0.5) is 9.18 Å². The van der Waals surface area contributed by atoms with Crippen LogP contribution in [0, 0.1) is 5.82 Å². The third-order valence-corrected chi connectivity index (χ3v) is 3.85. The summed E-state index contributed by atoms with van der Waals surface area (Å²) in [5.41, 5.74) is -0.145. The van der Waals surface area contributed by atoms with Crippen LogP contribution in [0.15, 0.2) is 18.2 Å². The number of rotatable bonds is 4. The number of halogens is 1. The number of hydrogen-bond donors (Lipinski definition) is 1. The molecule has 4 nitrogen and oxygen atoms in total. The Bertz CT molecular complexity index is 547. The summed E-state index contributed by atoms with van der Waals surface area (Å²) in [5, 5.41) is 2.97. The zero-order valence-electron chi connectivity index (χ0n) is 13.7. The molecule has 0 aromatic heterocycles. The van der Waals surface area contributed by atoms with Crippen molar-refractivity contribution < 1.29 is 18.7 Å². The van der Waals surface area contributed by atoms with E-state index in [1.165, 1.54) is 12.1 Å². The molecule has 1 fully saturated rings. The molecule has 0 atom stereocenters. The highest BCUT2D eigenvalue weighted by Gasteiger charge is 2.40. The van der Waals surface area contributed by atoms with Gasteiger partial charge >= 0.3 is 6.09 Å². The SMILES string of the molecule is COc1ccc(F)cc1CC1(NC(=O)OC(C)(C)C)CCC1. The summed E-state index contributed by atoms with van der Waals surface area (Å²) in [4.78, 5) is 12.0. The van der Waals surface area contributed by atoms with Crippen LogP contribution in [-0.4, -0.2) is 24.3 Å². The largest absolute Gasteiger partial charge is 0.496 e. The van der Waals surface area contributed by atoms with Gasteiger partial charge in [-0.15, -0.1) is 0 Å². The van der Waals surface area contributed by atoms with Gasteiger partial charge in [0, 0.05) is 5.54 Å². The second-order valence-corrected chi connectivity index (χ2v) is 6.89. The second-order valence-electron chi connectivity index (χ2n) is 6.89. The van der Waals surface area contributed by atoms with Crippen molar-refractivity contribution in [3.8, 4) is 5.75 Å². The van der Waals surface area contributed by atoms with E-state index in [1.54, 1.807) is 13.2 Å². The number of amides is 1. The van der Waals surface area contributed by atoms with Gasteiger partial charge in [0.2, 0.25) is 0 Å². The van der Waals surface area contributed by atoms with Gasteiger partial charge in [-0.2, -0.15) is 0 Å². The van der Waals surface area contributed by atoms with E-state index in [9.17, 15) is 9.18 Å². The molecule has 0 saturated heterocycles. The number of nitrogens with one attached hydrogen (secondary N) is 1. The number of carbonyl (C=O) groups excluding carboxylic acids is 1. The summed E-state index contributed by atoms with van der Waals surface area (Å²) in [5.74, 6) is 0.334. The monoisotopic (exact) mass is 309 g/mol. The Morgan fingerprint density at radius 2 is 2.05 bits per heavy atom. The molecule has 1 N–H and O–H groups in total. The summed E-state index contributed by atoms with van der Waals surface area (Å²) in [7, 11) is 1.56. The summed E-state index contributed by atoms with van der Waals surface area (Å²) in [6.07, 6.45) is 2.85. The lowest BCUT2D eigenvalue weighted by atomic mass is 9.72. The van der Waals surface area contributed by atoms with Gasteiger partial charge < -0.3 is 14.8 Å². The average molecular weight is 309 g/mol. The van der Waals surface area contributed by atoms with Crippen molar-refractivity contribution in [1.29, 1.82) is 0 Å². The lowest BCUT2D eigenvalue weighted by Crippen LogP contribution is -2.56. The maximum Gasteiger partial charge on any atom is 0.408 e. The third-order valence-electron chi connectivity index (χ3n) is 3.85. The van der Waals surface area contributed by atoms with E-state index in [0.29, 0.717) is 12.2 Å². The minimum atomic E-state index is -0.536. The molecule has 1 saturated carbocycles. The number of alkyl carbamates (subject to hydrolysis) is 1. The standard InChI is InChI=1S/C17H24FNO3/c1-16(2,3)22-15(20)19-17(8-5-9-17)11-12-10-13(18)6-7-14(12)21-4/h6-7,10H,5,8-9,11H2,1-4H3,(H,19,20). The van der Waals surface area contributed by atoms with Crippen LogP contribution in [-0.2, 0) is 11.2 Å². The van der Waals surface area contributed by atoms with Crippen LogP contribution < -0.4 is 10.1 Å². The van der Waals surface area contributed by atoms with E-state index in [4.69, 9.17) is 9.47 Å². The van der Waals surface area contributed by atoms with Crippen LogP contribution in [0.25, 0.3) is 0 Å². The number of benzene rings is 1. The predicted octanol–water partition coefficient (Wildman–Crippen LogP) is 3.82. The van der Waals surface area contributed by atoms with Crippen LogP contribution in [0.1, 0.15) is 45.6 Å². The van der Waals surface area contributed by atoms with Crippen molar-refractivity contribution in [1.82, 2.24) is 5.32 Å². The van der Waals surface area contributed by atoms with Crippen molar-refractivity contribution in [2.45, 2.75) is 57.6 Å². The molecule has 0 unspecified atom stereocenters. The molecule has 1 aliphatic rings. The summed E-state index contributed by atoms with van der Waals surface area (Å²) >= 11 is 0. The zero-order valence-corrected chi connectivity index (χ0v) is 13.7. The molecule has 2 rings (SSSR count). The lowest BCUT2D eigenvalue weighted by Gasteiger charge is -2.43. The van der Waals surface area contributed by atoms with Gasteiger partial charge in [-0.05, 0) is 70.2 Å². The molecule has 122 valence electrons. The Labute approximate surface area is 131 Å². The highest BCUT2D eigenvalue weighted by molar-refractivity contribution is 5.69. The molecule has 0 spiro atoms. The van der Waals surface area contributed by atoms with Gasteiger partial charge in [0.1, 0.15) is 17.2 Å². The number of ether oxygens (including phenoxy) is 2. The van der Waals surface area contributed by atoms with Crippen LogP contribution in [0.3, 0.4) is 0 Å². The van der Waals surface area contributed by atoms with Gasteiger partial charge in [-0.1, -0.05) is 0 Å². The van der Waals surface area contributed by atoms with Crippen molar-refractivity contribution in [3.63, 3.8) is 0 Å². The Morgan fingerprint density at radius 1 is 1.36 bits per heavy atom. The topological polar surface area (TPSA) is 47.6 Å². The first-order valence-electron chi connectivity index (χ1n) is 7.57. The van der Waals surface area contributed by atoms with Crippen molar-refractivity contribution in [2.75, 3.05) is 7.11 Å². The molecule has 22 heavy (non-hydrogen) atoms. The molecule has 0 heterocycles. The number of hydrogen-bond acceptors (Lipinski definition) is 3. The normalized spacial score (nSPS) is 16.6. The third kappa shape index (κ3) is 4.12. The zero-order chi connectivity index (χ0) is 16.4. The molecular formula is C17H24FNO3. The minimum absolute atomic E-state index is 0.303. The predicted molar refractivity (Wildman–Crippen MR) is 82.6 cm³/mol. The van der Waals surface area contributed by atoms with Crippen molar-refractivity contribution >= 4 is 6.09 Å². The second kappa shape index (κ2) is 6.15. The highest BCUT2D eigenvalue weighted by Crippen LogP contribution is 2.37. The first kappa shape index (κ1) is 16.6. The fourth-order valence-corrected chi connectivity index (χ4v) is 2.72.